The third kappa shape index (κ3) is 5.72. The van der Waals surface area contributed by atoms with Crippen LogP contribution in [0.5, 0.6) is 0 Å². The Balaban J connectivity index is 1.35. The number of nitrogens with zero attached hydrogens (tertiary/aromatic N) is 3. The number of nitrogens with one attached hydrogen (secondary N) is 3. The molecule has 0 aliphatic carbocycles. The van der Waals surface area contributed by atoms with E-state index in [1.807, 2.05) is 42.5 Å². The number of aromatic nitrogens is 4. The number of benzene rings is 2. The van der Waals surface area contributed by atoms with Gasteiger partial charge in [-0.25, -0.2) is 9.37 Å². The first-order chi connectivity index (χ1) is 18.1. The number of pyridine rings is 1. The van der Waals surface area contributed by atoms with Crippen LogP contribution in [0.1, 0.15) is 11.3 Å². The molecule has 2 aromatic carbocycles. The Morgan fingerprint density at radius 3 is 2.62 bits per heavy atom. The number of carbonyl (C=O) groups excluding carboxylic acids is 1. The number of rotatable bonds is 9. The summed E-state index contributed by atoms with van der Waals surface area (Å²) in [5, 5.41) is 6.89. The van der Waals surface area contributed by atoms with Crippen LogP contribution in [0.2, 0.25) is 0 Å². The van der Waals surface area contributed by atoms with E-state index in [-0.39, 0.29) is 24.8 Å². The zero-order valence-corrected chi connectivity index (χ0v) is 19.9. The van der Waals surface area contributed by atoms with Gasteiger partial charge in [0.1, 0.15) is 12.4 Å². The van der Waals surface area contributed by atoms with Gasteiger partial charge < -0.3 is 15.6 Å². The number of H-pyrrole nitrogens is 1. The molecule has 186 valence electrons. The maximum Gasteiger partial charge on any atom is 0.294 e. The van der Waals surface area contributed by atoms with Crippen LogP contribution in [-0.2, 0) is 24.3 Å². The average Bonchev–Trinajstić information content (AvgIpc) is 3.34. The minimum atomic E-state index is -0.429. The molecule has 5 rings (SSSR count). The first kappa shape index (κ1) is 23.9. The van der Waals surface area contributed by atoms with Crippen LogP contribution < -0.4 is 16.2 Å². The zero-order valence-electron chi connectivity index (χ0n) is 19.9. The second-order valence-corrected chi connectivity index (χ2v) is 8.59. The molecule has 0 radical (unpaired) electrons. The van der Waals surface area contributed by atoms with Crippen molar-refractivity contribution in [1.29, 1.82) is 0 Å². The Morgan fingerprint density at radius 2 is 1.84 bits per heavy atom. The van der Waals surface area contributed by atoms with Crippen molar-refractivity contribution in [2.45, 2.75) is 19.5 Å². The Bertz CT molecular complexity index is 1550. The fourth-order valence-electron chi connectivity index (χ4n) is 4.11. The molecule has 5 aromatic rings. The SMILES string of the molecule is O=C(Cn1c(-c2ccc(F)cc2)cnc(NCCc2ccccc2)c1=O)NCc1cc2cnccc2[nH]1. The van der Waals surface area contributed by atoms with Crippen molar-refractivity contribution in [3.8, 4) is 11.3 Å². The van der Waals surface area contributed by atoms with E-state index < -0.39 is 11.4 Å². The number of halogens is 1. The van der Waals surface area contributed by atoms with E-state index in [2.05, 4.69) is 25.6 Å². The fraction of sp³-hybridized carbons (Fsp3) is 0.143. The summed E-state index contributed by atoms with van der Waals surface area (Å²) in [6.45, 7) is 0.550. The highest BCUT2D eigenvalue weighted by Crippen LogP contribution is 2.19. The lowest BCUT2D eigenvalue weighted by Gasteiger charge is -2.15. The molecule has 9 heteroatoms. The average molecular weight is 497 g/mol. The summed E-state index contributed by atoms with van der Waals surface area (Å²) in [5.41, 5.74) is 3.45. The van der Waals surface area contributed by atoms with E-state index >= 15 is 0 Å². The third-order valence-electron chi connectivity index (χ3n) is 6.00. The van der Waals surface area contributed by atoms with E-state index in [0.29, 0.717) is 24.2 Å². The van der Waals surface area contributed by atoms with E-state index in [1.165, 1.54) is 22.9 Å². The summed E-state index contributed by atoms with van der Waals surface area (Å²) in [5.74, 6) is -0.586. The first-order valence-corrected chi connectivity index (χ1v) is 11.9. The van der Waals surface area contributed by atoms with Crippen LogP contribution >= 0.6 is 0 Å². The standard InChI is InChI=1S/C28H25FN6O2/c29-22-8-6-20(7-9-22)25-17-33-27(31-13-10-19-4-2-1-3-5-19)28(37)35(25)18-26(36)32-16-23-14-21-15-30-12-11-24(21)34-23/h1-9,11-12,14-15,17,34H,10,13,16,18H2,(H,31,33)(H,32,36). The van der Waals surface area contributed by atoms with Crippen molar-refractivity contribution in [2.24, 2.45) is 0 Å². The van der Waals surface area contributed by atoms with Gasteiger partial charge in [-0.1, -0.05) is 30.3 Å². The van der Waals surface area contributed by atoms with Crippen molar-refractivity contribution in [3.05, 3.63) is 113 Å². The summed E-state index contributed by atoms with van der Waals surface area (Å²) in [6, 6.07) is 19.4. The highest BCUT2D eigenvalue weighted by Gasteiger charge is 2.15. The van der Waals surface area contributed by atoms with Crippen molar-refractivity contribution < 1.29 is 9.18 Å². The van der Waals surface area contributed by atoms with Crippen LogP contribution in [0.3, 0.4) is 0 Å². The van der Waals surface area contributed by atoms with Crippen LogP contribution in [0.25, 0.3) is 22.2 Å². The highest BCUT2D eigenvalue weighted by molar-refractivity contribution is 5.80. The number of fused-ring (bicyclic) bond motifs is 1. The fourth-order valence-corrected chi connectivity index (χ4v) is 4.11. The zero-order chi connectivity index (χ0) is 25.6. The van der Waals surface area contributed by atoms with Crippen LogP contribution in [-0.4, -0.2) is 32.0 Å². The van der Waals surface area contributed by atoms with Gasteiger partial charge in [0.05, 0.1) is 18.4 Å². The van der Waals surface area contributed by atoms with Gasteiger partial charge in [0, 0.05) is 41.1 Å². The quantitative estimate of drug-likeness (QED) is 0.287. The monoisotopic (exact) mass is 496 g/mol. The predicted molar refractivity (Wildman–Crippen MR) is 140 cm³/mol. The summed E-state index contributed by atoms with van der Waals surface area (Å²) < 4.78 is 14.9. The summed E-state index contributed by atoms with van der Waals surface area (Å²) in [4.78, 5) is 37.9. The van der Waals surface area contributed by atoms with E-state index in [0.717, 1.165) is 22.2 Å². The minimum Gasteiger partial charge on any atom is -0.365 e. The Kier molecular flexibility index (Phi) is 7.02. The smallest absolute Gasteiger partial charge is 0.294 e. The van der Waals surface area contributed by atoms with Gasteiger partial charge in [0.25, 0.3) is 5.56 Å². The Hall–Kier alpha value is -4.79. The number of anilines is 1. The van der Waals surface area contributed by atoms with Crippen molar-refractivity contribution in [2.75, 3.05) is 11.9 Å². The highest BCUT2D eigenvalue weighted by atomic mass is 19.1. The molecule has 3 aromatic heterocycles. The second kappa shape index (κ2) is 10.9. The molecule has 8 nitrogen and oxygen atoms in total. The van der Waals surface area contributed by atoms with Gasteiger partial charge >= 0.3 is 0 Å². The summed E-state index contributed by atoms with van der Waals surface area (Å²) in [7, 11) is 0. The molecule has 0 aliphatic rings. The second-order valence-electron chi connectivity index (χ2n) is 8.59. The van der Waals surface area contributed by atoms with E-state index in [9.17, 15) is 14.0 Å². The molecule has 1 amide bonds. The Morgan fingerprint density at radius 1 is 1.03 bits per heavy atom. The normalized spacial score (nSPS) is 10.9. The first-order valence-electron chi connectivity index (χ1n) is 11.9. The summed E-state index contributed by atoms with van der Waals surface area (Å²) in [6.07, 6.45) is 5.67. The molecular formula is C28H25FN6O2. The number of carbonyl (C=O) groups is 1. The lowest BCUT2D eigenvalue weighted by Crippen LogP contribution is -2.34. The number of amides is 1. The molecule has 37 heavy (non-hydrogen) atoms. The molecule has 0 bridgehead atoms. The summed E-state index contributed by atoms with van der Waals surface area (Å²) >= 11 is 0. The molecule has 3 N–H and O–H groups in total. The van der Waals surface area contributed by atoms with Gasteiger partial charge in [0.2, 0.25) is 5.91 Å². The maximum atomic E-state index is 13.5. The molecule has 0 saturated heterocycles. The van der Waals surface area contributed by atoms with Crippen molar-refractivity contribution in [3.63, 3.8) is 0 Å². The topological polar surface area (TPSA) is 105 Å². The van der Waals surface area contributed by atoms with Crippen LogP contribution in [0.15, 0.2) is 90.1 Å². The van der Waals surface area contributed by atoms with Crippen molar-refractivity contribution in [1.82, 2.24) is 24.8 Å². The number of hydrogen-bond acceptors (Lipinski definition) is 5. The molecule has 3 heterocycles. The molecular weight excluding hydrogens is 471 g/mol. The van der Waals surface area contributed by atoms with Gasteiger partial charge in [0.15, 0.2) is 5.82 Å². The Labute approximate surface area is 212 Å². The van der Waals surface area contributed by atoms with Crippen molar-refractivity contribution >= 4 is 22.6 Å². The number of hydrogen-bond donors (Lipinski definition) is 3. The molecule has 0 unspecified atom stereocenters. The van der Waals surface area contributed by atoms with Gasteiger partial charge in [-0.2, -0.15) is 0 Å². The predicted octanol–water partition coefficient (Wildman–Crippen LogP) is 3.90. The van der Waals surface area contributed by atoms with E-state index in [1.54, 1.807) is 24.5 Å². The lowest BCUT2D eigenvalue weighted by atomic mass is 10.1. The molecule has 0 spiro atoms. The largest absolute Gasteiger partial charge is 0.365 e. The molecule has 0 atom stereocenters. The molecule has 0 saturated carbocycles. The van der Waals surface area contributed by atoms with Gasteiger partial charge in [-0.05, 0) is 48.4 Å². The molecule has 0 aliphatic heterocycles. The third-order valence-corrected chi connectivity index (χ3v) is 6.00. The maximum absolute atomic E-state index is 13.5. The van der Waals surface area contributed by atoms with Gasteiger partial charge in [-0.15, -0.1) is 0 Å². The van der Waals surface area contributed by atoms with Crippen LogP contribution in [0, 0.1) is 5.82 Å². The van der Waals surface area contributed by atoms with Crippen LogP contribution in [0.4, 0.5) is 10.2 Å². The van der Waals surface area contributed by atoms with Gasteiger partial charge in [-0.3, -0.25) is 19.1 Å². The molecule has 0 fully saturated rings. The minimum absolute atomic E-state index is 0.151. The number of aromatic amines is 1. The lowest BCUT2D eigenvalue weighted by molar-refractivity contribution is -0.121. The van der Waals surface area contributed by atoms with E-state index in [4.69, 9.17) is 0 Å².